The summed E-state index contributed by atoms with van der Waals surface area (Å²) in [7, 11) is 1.47. The molecule has 2 N–H and O–H groups in total. The summed E-state index contributed by atoms with van der Waals surface area (Å²) in [6, 6.07) is 4.33. The molecule has 1 unspecified atom stereocenters. The Balaban J connectivity index is 2.23. The summed E-state index contributed by atoms with van der Waals surface area (Å²) in [5.41, 5.74) is 0.0924. The van der Waals surface area contributed by atoms with Gasteiger partial charge in [0.05, 0.1) is 12.7 Å². The maximum atomic E-state index is 11.8. The van der Waals surface area contributed by atoms with Crippen LogP contribution in [0.3, 0.4) is 0 Å². The summed E-state index contributed by atoms with van der Waals surface area (Å²) in [5, 5.41) is 11.8. The van der Waals surface area contributed by atoms with Crippen LogP contribution in [0.1, 0.15) is 29.6 Å². The van der Waals surface area contributed by atoms with Gasteiger partial charge in [-0.25, -0.2) is 4.79 Å². The Labute approximate surface area is 116 Å². The molecule has 1 amide bonds. The number of carbonyl (C=O) groups excluding carboxylic acids is 1. The molecule has 1 aliphatic heterocycles. The van der Waals surface area contributed by atoms with Crippen molar-refractivity contribution in [3.05, 3.63) is 23.8 Å². The van der Waals surface area contributed by atoms with Gasteiger partial charge in [-0.1, -0.05) is 0 Å². The van der Waals surface area contributed by atoms with E-state index in [2.05, 4.69) is 5.32 Å². The van der Waals surface area contributed by atoms with E-state index < -0.39 is 12.1 Å². The molecule has 0 aliphatic carbocycles. The van der Waals surface area contributed by atoms with E-state index in [9.17, 15) is 9.59 Å². The maximum absolute atomic E-state index is 11.8. The SMILES string of the molecule is COc1ccc(C(=O)O)cc1OC1CCCCNC1=O. The molecular weight excluding hydrogens is 262 g/mol. The number of nitrogens with one attached hydrogen (secondary N) is 1. The smallest absolute Gasteiger partial charge is 0.335 e. The van der Waals surface area contributed by atoms with Crippen LogP contribution in [0.25, 0.3) is 0 Å². The van der Waals surface area contributed by atoms with E-state index in [0.717, 1.165) is 12.8 Å². The summed E-state index contributed by atoms with van der Waals surface area (Å²) in [6.07, 6.45) is 1.78. The van der Waals surface area contributed by atoms with Crippen LogP contribution < -0.4 is 14.8 Å². The van der Waals surface area contributed by atoms with Crippen molar-refractivity contribution >= 4 is 11.9 Å². The van der Waals surface area contributed by atoms with Crippen molar-refractivity contribution in [2.24, 2.45) is 0 Å². The summed E-state index contributed by atoms with van der Waals surface area (Å²) in [5.74, 6) is -0.547. The molecule has 0 saturated carbocycles. The Morgan fingerprint density at radius 1 is 1.35 bits per heavy atom. The molecule has 1 saturated heterocycles. The van der Waals surface area contributed by atoms with Gasteiger partial charge >= 0.3 is 5.97 Å². The Bertz CT molecular complexity index is 514. The number of benzene rings is 1. The first kappa shape index (κ1) is 14.2. The first-order valence-corrected chi connectivity index (χ1v) is 6.47. The lowest BCUT2D eigenvalue weighted by molar-refractivity contribution is -0.127. The van der Waals surface area contributed by atoms with Gasteiger partial charge < -0.3 is 19.9 Å². The molecule has 0 bridgehead atoms. The van der Waals surface area contributed by atoms with Crippen molar-refractivity contribution < 1.29 is 24.2 Å². The van der Waals surface area contributed by atoms with Gasteiger partial charge in [0.15, 0.2) is 17.6 Å². The number of amides is 1. The van der Waals surface area contributed by atoms with Gasteiger partial charge in [0, 0.05) is 6.54 Å². The van der Waals surface area contributed by atoms with E-state index in [4.69, 9.17) is 14.6 Å². The fourth-order valence-electron chi connectivity index (χ4n) is 2.08. The van der Waals surface area contributed by atoms with Crippen molar-refractivity contribution in [1.82, 2.24) is 5.32 Å². The van der Waals surface area contributed by atoms with Crippen LogP contribution in [0.2, 0.25) is 0 Å². The summed E-state index contributed by atoms with van der Waals surface area (Å²) in [6.45, 7) is 0.644. The number of carboxylic acids is 1. The average Bonchev–Trinajstić information content (AvgIpc) is 2.64. The molecule has 1 heterocycles. The Kier molecular flexibility index (Phi) is 4.45. The molecule has 0 aromatic heterocycles. The average molecular weight is 279 g/mol. The fourth-order valence-corrected chi connectivity index (χ4v) is 2.08. The number of methoxy groups -OCH3 is 1. The highest BCUT2D eigenvalue weighted by molar-refractivity contribution is 5.88. The topological polar surface area (TPSA) is 84.9 Å². The van der Waals surface area contributed by atoms with Gasteiger partial charge in [0.2, 0.25) is 0 Å². The molecule has 1 aliphatic rings. The van der Waals surface area contributed by atoms with E-state index in [1.54, 1.807) is 0 Å². The summed E-state index contributed by atoms with van der Waals surface area (Å²) >= 11 is 0. The quantitative estimate of drug-likeness (QED) is 0.871. The van der Waals surface area contributed by atoms with Crippen LogP contribution in [-0.4, -0.2) is 36.7 Å². The van der Waals surface area contributed by atoms with E-state index in [1.807, 2.05) is 0 Å². The van der Waals surface area contributed by atoms with Gasteiger partial charge in [-0.2, -0.15) is 0 Å². The summed E-state index contributed by atoms with van der Waals surface area (Å²) < 4.78 is 10.8. The molecule has 0 spiro atoms. The van der Waals surface area contributed by atoms with Gasteiger partial charge in [-0.3, -0.25) is 4.79 Å². The Hall–Kier alpha value is -2.24. The molecule has 6 heteroatoms. The number of rotatable bonds is 4. The highest BCUT2D eigenvalue weighted by Gasteiger charge is 2.24. The first-order chi connectivity index (χ1) is 9.61. The predicted octanol–water partition coefficient (Wildman–Crippen LogP) is 1.44. The standard InChI is InChI=1S/C14H17NO5/c1-19-10-6-5-9(14(17)18)8-12(10)20-11-4-2-3-7-15-13(11)16/h5-6,8,11H,2-4,7H2,1H3,(H,15,16)(H,17,18). The number of aromatic carboxylic acids is 1. The van der Waals surface area contributed by atoms with E-state index in [-0.39, 0.29) is 17.2 Å². The minimum atomic E-state index is -1.05. The van der Waals surface area contributed by atoms with Gasteiger partial charge in [-0.05, 0) is 37.5 Å². The normalized spacial score (nSPS) is 18.9. The maximum Gasteiger partial charge on any atom is 0.335 e. The van der Waals surface area contributed by atoms with Crippen LogP contribution in [0.15, 0.2) is 18.2 Å². The number of hydrogen-bond acceptors (Lipinski definition) is 4. The van der Waals surface area contributed by atoms with Gasteiger partial charge in [-0.15, -0.1) is 0 Å². The second kappa shape index (κ2) is 6.27. The van der Waals surface area contributed by atoms with Crippen LogP contribution in [0.4, 0.5) is 0 Å². The summed E-state index contributed by atoms with van der Waals surface area (Å²) in [4.78, 5) is 22.8. The molecule has 1 aromatic carbocycles. The lowest BCUT2D eigenvalue weighted by Crippen LogP contribution is -2.36. The second-order valence-electron chi connectivity index (χ2n) is 4.56. The number of carbonyl (C=O) groups is 2. The van der Waals surface area contributed by atoms with Crippen molar-refractivity contribution in [2.75, 3.05) is 13.7 Å². The Morgan fingerprint density at radius 2 is 2.15 bits per heavy atom. The Morgan fingerprint density at radius 3 is 2.85 bits per heavy atom. The lowest BCUT2D eigenvalue weighted by Gasteiger charge is -2.18. The number of ether oxygens (including phenoxy) is 2. The molecular formula is C14H17NO5. The zero-order valence-electron chi connectivity index (χ0n) is 11.2. The monoisotopic (exact) mass is 279 g/mol. The minimum Gasteiger partial charge on any atom is -0.493 e. The van der Waals surface area contributed by atoms with Crippen molar-refractivity contribution in [1.29, 1.82) is 0 Å². The van der Waals surface area contributed by atoms with Crippen LogP contribution >= 0.6 is 0 Å². The molecule has 108 valence electrons. The van der Waals surface area contributed by atoms with Crippen molar-refractivity contribution in [2.45, 2.75) is 25.4 Å². The molecule has 0 radical (unpaired) electrons. The highest BCUT2D eigenvalue weighted by Crippen LogP contribution is 2.30. The van der Waals surface area contributed by atoms with Crippen molar-refractivity contribution in [3.8, 4) is 11.5 Å². The fraction of sp³-hybridized carbons (Fsp3) is 0.429. The largest absolute Gasteiger partial charge is 0.493 e. The van der Waals surface area contributed by atoms with E-state index >= 15 is 0 Å². The predicted molar refractivity (Wildman–Crippen MR) is 71.2 cm³/mol. The lowest BCUT2D eigenvalue weighted by atomic mass is 10.1. The minimum absolute atomic E-state index is 0.0924. The third-order valence-electron chi connectivity index (χ3n) is 3.16. The second-order valence-corrected chi connectivity index (χ2v) is 4.56. The third kappa shape index (κ3) is 3.20. The van der Waals surface area contributed by atoms with Crippen LogP contribution in [0.5, 0.6) is 11.5 Å². The zero-order chi connectivity index (χ0) is 14.5. The molecule has 1 aromatic rings. The molecule has 1 atom stereocenters. The van der Waals surface area contributed by atoms with E-state index in [1.165, 1.54) is 25.3 Å². The third-order valence-corrected chi connectivity index (χ3v) is 3.16. The number of hydrogen-bond donors (Lipinski definition) is 2. The zero-order valence-corrected chi connectivity index (χ0v) is 11.2. The first-order valence-electron chi connectivity index (χ1n) is 6.47. The van der Waals surface area contributed by atoms with Crippen LogP contribution in [0, 0.1) is 0 Å². The molecule has 2 rings (SSSR count). The van der Waals surface area contributed by atoms with Gasteiger partial charge in [0.25, 0.3) is 5.91 Å². The van der Waals surface area contributed by atoms with Crippen molar-refractivity contribution in [3.63, 3.8) is 0 Å². The highest BCUT2D eigenvalue weighted by atomic mass is 16.5. The van der Waals surface area contributed by atoms with E-state index in [0.29, 0.717) is 18.7 Å². The molecule has 6 nitrogen and oxygen atoms in total. The van der Waals surface area contributed by atoms with Crippen LogP contribution in [-0.2, 0) is 4.79 Å². The van der Waals surface area contributed by atoms with Gasteiger partial charge in [0.1, 0.15) is 0 Å². The molecule has 1 fully saturated rings. The molecule has 20 heavy (non-hydrogen) atoms. The number of carboxylic acid groups (broad SMARTS) is 1.